The number of ether oxygens (including phenoxy) is 1. The van der Waals surface area contributed by atoms with Gasteiger partial charge in [0.05, 0.1) is 24.7 Å². The normalized spacial score (nSPS) is 14.5. The zero-order valence-corrected chi connectivity index (χ0v) is 20.2. The Bertz CT molecular complexity index is 859. The Balaban J connectivity index is 0.00000363. The molecule has 0 spiro atoms. The van der Waals surface area contributed by atoms with E-state index < -0.39 is 4.92 Å². The minimum Gasteiger partial charge on any atom is -0.379 e. The molecule has 1 heterocycles. The van der Waals surface area contributed by atoms with Gasteiger partial charge in [-0.15, -0.1) is 24.0 Å². The van der Waals surface area contributed by atoms with E-state index >= 15 is 0 Å². The van der Waals surface area contributed by atoms with Crippen molar-refractivity contribution in [3.05, 3.63) is 75.6 Å². The van der Waals surface area contributed by atoms with Gasteiger partial charge in [-0.05, 0) is 36.2 Å². The number of nitrogens with zero attached hydrogens (tertiary/aromatic N) is 3. The quantitative estimate of drug-likeness (QED) is 0.123. The lowest BCUT2D eigenvalue weighted by Crippen LogP contribution is -2.40. The Morgan fingerprint density at radius 2 is 1.72 bits per heavy atom. The van der Waals surface area contributed by atoms with Gasteiger partial charge in [0.15, 0.2) is 5.96 Å². The van der Waals surface area contributed by atoms with E-state index in [4.69, 9.17) is 4.74 Å². The fraction of sp³-hybridized carbons (Fsp3) is 0.409. The maximum absolute atomic E-state index is 13.1. The third-order valence-electron chi connectivity index (χ3n) is 4.99. The second kappa shape index (κ2) is 14.0. The number of rotatable bonds is 9. The molecule has 2 aromatic carbocycles. The fourth-order valence-corrected chi connectivity index (χ4v) is 3.19. The highest BCUT2D eigenvalue weighted by Gasteiger charge is 2.09. The number of morpholine rings is 1. The van der Waals surface area contributed by atoms with Crippen molar-refractivity contribution in [3.8, 4) is 0 Å². The van der Waals surface area contributed by atoms with E-state index in [1.54, 1.807) is 24.3 Å². The van der Waals surface area contributed by atoms with Gasteiger partial charge >= 0.3 is 0 Å². The van der Waals surface area contributed by atoms with Crippen LogP contribution in [0.4, 0.5) is 10.1 Å². The van der Waals surface area contributed by atoms with Crippen LogP contribution in [0, 0.1) is 15.9 Å². The highest BCUT2D eigenvalue weighted by atomic mass is 127. The molecule has 1 fully saturated rings. The Morgan fingerprint density at radius 3 is 2.38 bits per heavy atom. The summed E-state index contributed by atoms with van der Waals surface area (Å²) in [6.45, 7) is 6.14. The Morgan fingerprint density at radius 1 is 1.06 bits per heavy atom. The lowest BCUT2D eigenvalue weighted by Gasteiger charge is -2.26. The van der Waals surface area contributed by atoms with Gasteiger partial charge < -0.3 is 15.4 Å². The van der Waals surface area contributed by atoms with Crippen molar-refractivity contribution < 1.29 is 14.1 Å². The number of guanidine groups is 1. The van der Waals surface area contributed by atoms with Crippen LogP contribution >= 0.6 is 24.0 Å². The van der Waals surface area contributed by atoms with Gasteiger partial charge in [-0.25, -0.2) is 9.38 Å². The maximum Gasteiger partial charge on any atom is 0.269 e. The van der Waals surface area contributed by atoms with Gasteiger partial charge in [0, 0.05) is 38.3 Å². The van der Waals surface area contributed by atoms with Gasteiger partial charge in [-0.1, -0.05) is 24.3 Å². The number of benzene rings is 2. The van der Waals surface area contributed by atoms with Crippen LogP contribution < -0.4 is 10.6 Å². The molecule has 0 aromatic heterocycles. The zero-order valence-electron chi connectivity index (χ0n) is 17.8. The molecule has 0 amide bonds. The SMILES string of the molecule is I.O=[N+]([O-])c1ccc(CNC(=NCc2ccc(F)cc2)NCCCN2CCOCC2)cc1. The van der Waals surface area contributed by atoms with Gasteiger partial charge in [-0.3, -0.25) is 15.0 Å². The first-order valence-corrected chi connectivity index (χ1v) is 10.4. The summed E-state index contributed by atoms with van der Waals surface area (Å²) in [6, 6.07) is 12.7. The first-order chi connectivity index (χ1) is 15.1. The Kier molecular flexibility index (Phi) is 11.3. The molecule has 0 unspecified atom stereocenters. The first-order valence-electron chi connectivity index (χ1n) is 10.4. The molecule has 2 aromatic rings. The monoisotopic (exact) mass is 557 g/mol. The van der Waals surface area contributed by atoms with Gasteiger partial charge in [0.25, 0.3) is 5.69 Å². The molecule has 0 bridgehead atoms. The van der Waals surface area contributed by atoms with Crippen molar-refractivity contribution in [2.24, 2.45) is 4.99 Å². The summed E-state index contributed by atoms with van der Waals surface area (Å²) in [7, 11) is 0. The zero-order chi connectivity index (χ0) is 21.9. The van der Waals surface area contributed by atoms with Crippen molar-refractivity contribution in [2.75, 3.05) is 39.4 Å². The number of nitrogens with one attached hydrogen (secondary N) is 2. The summed E-state index contributed by atoms with van der Waals surface area (Å²) in [5.74, 6) is 0.371. The molecule has 1 saturated heterocycles. The predicted molar refractivity (Wildman–Crippen MR) is 133 cm³/mol. The second-order valence-electron chi connectivity index (χ2n) is 7.30. The third kappa shape index (κ3) is 9.05. The van der Waals surface area contributed by atoms with Crippen LogP contribution in [-0.2, 0) is 17.8 Å². The minimum atomic E-state index is -0.414. The molecular formula is C22H29FIN5O3. The number of aliphatic imine (C=N–C) groups is 1. The summed E-state index contributed by atoms with van der Waals surface area (Å²) in [4.78, 5) is 17.4. The van der Waals surface area contributed by atoms with Crippen LogP contribution in [0.5, 0.6) is 0 Å². The minimum absolute atomic E-state index is 0. The average Bonchev–Trinajstić information content (AvgIpc) is 2.80. The van der Waals surface area contributed by atoms with E-state index in [-0.39, 0.29) is 35.5 Å². The van der Waals surface area contributed by atoms with Gasteiger partial charge in [0.2, 0.25) is 0 Å². The topological polar surface area (TPSA) is 92.0 Å². The average molecular weight is 557 g/mol. The highest BCUT2D eigenvalue weighted by molar-refractivity contribution is 14.0. The first kappa shape index (κ1) is 25.9. The molecule has 2 N–H and O–H groups in total. The molecule has 0 saturated carbocycles. The summed E-state index contributed by atoms with van der Waals surface area (Å²) >= 11 is 0. The number of hydrogen-bond donors (Lipinski definition) is 2. The van der Waals surface area contributed by atoms with Crippen molar-refractivity contribution in [1.82, 2.24) is 15.5 Å². The summed E-state index contributed by atoms with van der Waals surface area (Å²) in [5.41, 5.74) is 1.89. The lowest BCUT2D eigenvalue weighted by molar-refractivity contribution is -0.384. The number of non-ortho nitro benzene ring substituents is 1. The Hall–Kier alpha value is -2.31. The number of hydrogen-bond acceptors (Lipinski definition) is 5. The molecule has 8 nitrogen and oxygen atoms in total. The largest absolute Gasteiger partial charge is 0.379 e. The molecule has 0 aliphatic carbocycles. The third-order valence-corrected chi connectivity index (χ3v) is 4.99. The van der Waals surface area contributed by atoms with Gasteiger partial charge in [0.1, 0.15) is 5.82 Å². The molecule has 1 aliphatic heterocycles. The van der Waals surface area contributed by atoms with Crippen molar-refractivity contribution in [3.63, 3.8) is 0 Å². The number of halogens is 2. The molecule has 10 heteroatoms. The second-order valence-corrected chi connectivity index (χ2v) is 7.30. The van der Waals surface area contributed by atoms with E-state index in [1.165, 1.54) is 24.3 Å². The molecule has 32 heavy (non-hydrogen) atoms. The van der Waals surface area contributed by atoms with E-state index in [9.17, 15) is 14.5 Å². The van der Waals surface area contributed by atoms with Crippen LogP contribution in [0.2, 0.25) is 0 Å². The van der Waals surface area contributed by atoms with Crippen molar-refractivity contribution in [1.29, 1.82) is 0 Å². The van der Waals surface area contributed by atoms with E-state index in [1.807, 2.05) is 0 Å². The van der Waals surface area contributed by atoms with Crippen molar-refractivity contribution in [2.45, 2.75) is 19.5 Å². The van der Waals surface area contributed by atoms with E-state index in [0.29, 0.717) is 19.0 Å². The standard InChI is InChI=1S/C22H28FN5O3.HI/c23-20-6-2-18(3-7-20)16-25-22(24-10-1-11-27-12-14-31-15-13-27)26-17-19-4-8-21(9-5-19)28(29)30;/h2-9H,1,10-17H2,(H2,24,25,26);1H. The summed E-state index contributed by atoms with van der Waals surface area (Å²) in [6.07, 6.45) is 0.967. The summed E-state index contributed by atoms with van der Waals surface area (Å²) in [5, 5.41) is 17.4. The summed E-state index contributed by atoms with van der Waals surface area (Å²) < 4.78 is 18.5. The van der Waals surface area contributed by atoms with E-state index in [2.05, 4.69) is 20.5 Å². The molecule has 3 rings (SSSR count). The molecule has 1 aliphatic rings. The maximum atomic E-state index is 13.1. The highest BCUT2D eigenvalue weighted by Crippen LogP contribution is 2.11. The smallest absolute Gasteiger partial charge is 0.269 e. The fourth-order valence-electron chi connectivity index (χ4n) is 3.19. The molecule has 174 valence electrons. The van der Waals surface area contributed by atoms with Crippen LogP contribution in [0.3, 0.4) is 0 Å². The van der Waals surface area contributed by atoms with Crippen LogP contribution in [0.15, 0.2) is 53.5 Å². The predicted octanol–water partition coefficient (Wildman–Crippen LogP) is 3.31. The van der Waals surface area contributed by atoms with Gasteiger partial charge in [-0.2, -0.15) is 0 Å². The number of nitro benzene ring substituents is 1. The van der Waals surface area contributed by atoms with Crippen molar-refractivity contribution >= 4 is 35.6 Å². The van der Waals surface area contributed by atoms with Crippen LogP contribution in [0.1, 0.15) is 17.5 Å². The molecule has 0 radical (unpaired) electrons. The van der Waals surface area contributed by atoms with Crippen LogP contribution in [-0.4, -0.2) is 55.2 Å². The molecule has 0 atom stereocenters. The van der Waals surface area contributed by atoms with Crippen LogP contribution in [0.25, 0.3) is 0 Å². The van der Waals surface area contributed by atoms with E-state index in [0.717, 1.165) is 56.9 Å². The number of nitro groups is 1. The molecular weight excluding hydrogens is 528 g/mol. The Labute approximate surface area is 204 Å². The lowest BCUT2D eigenvalue weighted by atomic mass is 10.2.